The number of anilines is 1. The molecule has 0 saturated carbocycles. The quantitative estimate of drug-likeness (QED) is 0.511. The highest BCUT2D eigenvalue weighted by Crippen LogP contribution is 2.13. The van der Waals surface area contributed by atoms with E-state index >= 15 is 0 Å². The van der Waals surface area contributed by atoms with Crippen molar-refractivity contribution in [2.45, 2.75) is 18.2 Å². The zero-order valence-corrected chi connectivity index (χ0v) is 10.2. The van der Waals surface area contributed by atoms with Crippen molar-refractivity contribution >= 4 is 21.7 Å². The van der Waals surface area contributed by atoms with Crippen LogP contribution in [0.1, 0.15) is 13.3 Å². The van der Waals surface area contributed by atoms with Crippen molar-refractivity contribution in [3.8, 4) is 0 Å². The van der Waals surface area contributed by atoms with Crippen molar-refractivity contribution in [3.63, 3.8) is 0 Å². The SMILES string of the molecule is CCNC(=O)CCNS(=O)(=O)c1cn[nH]c1N. The first-order chi connectivity index (χ1) is 7.97. The molecule has 0 fully saturated rings. The molecule has 96 valence electrons. The minimum Gasteiger partial charge on any atom is -0.383 e. The number of carbonyl (C=O) groups is 1. The van der Waals surface area contributed by atoms with Crippen molar-refractivity contribution < 1.29 is 13.2 Å². The number of nitrogens with one attached hydrogen (secondary N) is 3. The van der Waals surface area contributed by atoms with E-state index in [9.17, 15) is 13.2 Å². The van der Waals surface area contributed by atoms with Crippen molar-refractivity contribution in [2.24, 2.45) is 0 Å². The van der Waals surface area contributed by atoms with Crippen molar-refractivity contribution in [1.82, 2.24) is 20.2 Å². The first kappa shape index (κ1) is 13.5. The summed E-state index contributed by atoms with van der Waals surface area (Å²) in [6.07, 6.45) is 1.19. The molecule has 0 radical (unpaired) electrons. The van der Waals surface area contributed by atoms with Crippen LogP contribution in [0.4, 0.5) is 5.82 Å². The Labute approximate surface area is 99.0 Å². The van der Waals surface area contributed by atoms with Crippen LogP contribution in [-0.4, -0.2) is 37.6 Å². The molecule has 0 atom stereocenters. The van der Waals surface area contributed by atoms with Gasteiger partial charge >= 0.3 is 0 Å². The summed E-state index contributed by atoms with van der Waals surface area (Å²) in [5.41, 5.74) is 5.39. The summed E-state index contributed by atoms with van der Waals surface area (Å²) in [6.45, 7) is 2.31. The molecular formula is C8H15N5O3S. The van der Waals surface area contributed by atoms with Gasteiger partial charge in [-0.1, -0.05) is 0 Å². The van der Waals surface area contributed by atoms with Gasteiger partial charge in [-0.05, 0) is 6.92 Å². The van der Waals surface area contributed by atoms with E-state index in [0.29, 0.717) is 6.54 Å². The molecule has 0 aliphatic rings. The average Bonchev–Trinajstić information content (AvgIpc) is 2.65. The summed E-state index contributed by atoms with van der Waals surface area (Å²) in [7, 11) is -3.71. The van der Waals surface area contributed by atoms with Gasteiger partial charge in [0.25, 0.3) is 0 Å². The molecule has 1 amide bonds. The van der Waals surface area contributed by atoms with Gasteiger partial charge in [-0.25, -0.2) is 13.1 Å². The molecule has 5 N–H and O–H groups in total. The summed E-state index contributed by atoms with van der Waals surface area (Å²) in [6, 6.07) is 0. The highest BCUT2D eigenvalue weighted by Gasteiger charge is 2.18. The molecule has 0 unspecified atom stereocenters. The minimum atomic E-state index is -3.71. The summed E-state index contributed by atoms with van der Waals surface area (Å²) >= 11 is 0. The van der Waals surface area contributed by atoms with Crippen molar-refractivity contribution in [3.05, 3.63) is 6.20 Å². The average molecular weight is 261 g/mol. The van der Waals surface area contributed by atoms with E-state index in [1.54, 1.807) is 6.92 Å². The van der Waals surface area contributed by atoms with Gasteiger partial charge in [-0.15, -0.1) is 0 Å². The number of amides is 1. The number of rotatable bonds is 6. The predicted octanol–water partition coefficient (Wildman–Crippen LogP) is -1.20. The Morgan fingerprint density at radius 2 is 2.29 bits per heavy atom. The van der Waals surface area contributed by atoms with Crippen LogP contribution in [-0.2, 0) is 14.8 Å². The lowest BCUT2D eigenvalue weighted by molar-refractivity contribution is -0.120. The molecule has 0 spiro atoms. The third kappa shape index (κ3) is 3.71. The zero-order chi connectivity index (χ0) is 12.9. The molecule has 17 heavy (non-hydrogen) atoms. The third-order valence-electron chi connectivity index (χ3n) is 1.94. The fourth-order valence-electron chi connectivity index (χ4n) is 1.16. The van der Waals surface area contributed by atoms with Gasteiger partial charge in [0.15, 0.2) is 0 Å². The van der Waals surface area contributed by atoms with Crippen molar-refractivity contribution in [1.29, 1.82) is 0 Å². The van der Waals surface area contributed by atoms with E-state index in [1.165, 1.54) is 0 Å². The Kier molecular flexibility index (Phi) is 4.46. The fourth-order valence-corrected chi connectivity index (χ4v) is 2.21. The Hall–Kier alpha value is -1.61. The van der Waals surface area contributed by atoms with E-state index in [4.69, 9.17) is 5.73 Å². The molecule has 8 nitrogen and oxygen atoms in total. The number of nitrogens with zero attached hydrogens (tertiary/aromatic N) is 1. The third-order valence-corrected chi connectivity index (χ3v) is 3.43. The second kappa shape index (κ2) is 5.64. The van der Waals surface area contributed by atoms with Crippen LogP contribution in [0.15, 0.2) is 11.1 Å². The second-order valence-corrected chi connectivity index (χ2v) is 4.98. The van der Waals surface area contributed by atoms with E-state index in [1.807, 2.05) is 0 Å². The number of hydrogen-bond donors (Lipinski definition) is 4. The second-order valence-electron chi connectivity index (χ2n) is 3.25. The van der Waals surface area contributed by atoms with Crippen LogP contribution in [0.3, 0.4) is 0 Å². The van der Waals surface area contributed by atoms with Gasteiger partial charge in [0.05, 0.1) is 6.20 Å². The molecule has 1 rings (SSSR count). The van der Waals surface area contributed by atoms with Gasteiger partial charge in [0.2, 0.25) is 15.9 Å². The predicted molar refractivity (Wildman–Crippen MR) is 61.5 cm³/mol. The van der Waals surface area contributed by atoms with Gasteiger partial charge < -0.3 is 11.1 Å². The van der Waals surface area contributed by atoms with Crippen LogP contribution >= 0.6 is 0 Å². The van der Waals surface area contributed by atoms with Gasteiger partial charge in [-0.3, -0.25) is 9.89 Å². The molecule has 0 aliphatic heterocycles. The summed E-state index contributed by atoms with van der Waals surface area (Å²) in [5, 5.41) is 8.40. The Balaban J connectivity index is 2.52. The highest BCUT2D eigenvalue weighted by atomic mass is 32.2. The molecule has 0 aliphatic carbocycles. The van der Waals surface area contributed by atoms with Crippen LogP contribution < -0.4 is 15.8 Å². The number of aromatic nitrogens is 2. The smallest absolute Gasteiger partial charge is 0.245 e. The van der Waals surface area contributed by atoms with E-state index in [2.05, 4.69) is 20.2 Å². The van der Waals surface area contributed by atoms with Gasteiger partial charge in [0.1, 0.15) is 10.7 Å². The summed E-state index contributed by atoms with van der Waals surface area (Å²) in [4.78, 5) is 11.0. The number of nitrogen functional groups attached to an aromatic ring is 1. The number of carbonyl (C=O) groups excluding carboxylic acids is 1. The Morgan fingerprint density at radius 3 is 2.82 bits per heavy atom. The van der Waals surface area contributed by atoms with Crippen LogP contribution in [0, 0.1) is 0 Å². The lowest BCUT2D eigenvalue weighted by atomic mass is 10.4. The first-order valence-electron chi connectivity index (χ1n) is 5.02. The van der Waals surface area contributed by atoms with Gasteiger partial charge in [-0.2, -0.15) is 5.10 Å². The molecule has 0 saturated heterocycles. The number of aromatic amines is 1. The monoisotopic (exact) mass is 261 g/mol. The molecule has 1 aromatic rings. The number of hydrogen-bond acceptors (Lipinski definition) is 5. The lowest BCUT2D eigenvalue weighted by Crippen LogP contribution is -2.30. The minimum absolute atomic E-state index is 0.0127. The van der Waals surface area contributed by atoms with Crippen LogP contribution in [0.25, 0.3) is 0 Å². The maximum atomic E-state index is 11.7. The highest BCUT2D eigenvalue weighted by molar-refractivity contribution is 7.89. The lowest BCUT2D eigenvalue weighted by Gasteiger charge is -2.05. The fraction of sp³-hybridized carbons (Fsp3) is 0.500. The Morgan fingerprint density at radius 1 is 1.59 bits per heavy atom. The summed E-state index contributed by atoms with van der Waals surface area (Å²) in [5.74, 6) is -0.245. The van der Waals surface area contributed by atoms with E-state index in [-0.39, 0.29) is 29.6 Å². The zero-order valence-electron chi connectivity index (χ0n) is 9.36. The molecule has 0 aromatic carbocycles. The first-order valence-corrected chi connectivity index (χ1v) is 6.51. The topological polar surface area (TPSA) is 130 Å². The number of sulfonamides is 1. The van der Waals surface area contributed by atoms with E-state index < -0.39 is 10.0 Å². The number of nitrogens with two attached hydrogens (primary N) is 1. The van der Waals surface area contributed by atoms with E-state index in [0.717, 1.165) is 6.20 Å². The molecule has 1 aromatic heterocycles. The molecular weight excluding hydrogens is 246 g/mol. The Bertz CT molecular complexity index is 481. The maximum absolute atomic E-state index is 11.7. The van der Waals surface area contributed by atoms with Crippen LogP contribution in [0.5, 0.6) is 0 Å². The van der Waals surface area contributed by atoms with Gasteiger partial charge in [0, 0.05) is 19.5 Å². The largest absolute Gasteiger partial charge is 0.383 e. The van der Waals surface area contributed by atoms with Crippen molar-refractivity contribution in [2.75, 3.05) is 18.8 Å². The van der Waals surface area contributed by atoms with Crippen LogP contribution in [0.2, 0.25) is 0 Å². The maximum Gasteiger partial charge on any atom is 0.245 e. The standard InChI is InChI=1S/C8H15N5O3S/c1-2-10-7(14)3-4-12-17(15,16)6-5-11-13-8(6)9/h5,12H,2-4H2,1H3,(H,10,14)(H3,9,11,13). The molecule has 0 bridgehead atoms. The molecule has 1 heterocycles. The normalized spacial score (nSPS) is 11.4. The molecule has 9 heteroatoms. The summed E-state index contributed by atoms with van der Waals surface area (Å²) < 4.78 is 25.6. The number of H-pyrrole nitrogens is 1.